The molecule has 1 unspecified atom stereocenters. The molecule has 0 saturated heterocycles. The highest BCUT2D eigenvalue weighted by Gasteiger charge is 2.33. The fourth-order valence-electron chi connectivity index (χ4n) is 1.83. The zero-order valence-corrected chi connectivity index (χ0v) is 10.4. The summed E-state index contributed by atoms with van der Waals surface area (Å²) >= 11 is 1.68. The summed E-state index contributed by atoms with van der Waals surface area (Å²) in [4.78, 5) is 0.847. The van der Waals surface area contributed by atoms with Gasteiger partial charge in [0.1, 0.15) is 5.75 Å². The molecule has 0 aliphatic carbocycles. The van der Waals surface area contributed by atoms with Crippen LogP contribution in [0.25, 0.3) is 0 Å². The summed E-state index contributed by atoms with van der Waals surface area (Å²) in [5.41, 5.74) is 6.31. The molecule has 1 aliphatic rings. The molecule has 16 heavy (non-hydrogen) atoms. The van der Waals surface area contributed by atoms with Gasteiger partial charge in [-0.1, -0.05) is 23.9 Å². The molecule has 1 heterocycles. The maximum absolute atomic E-state index is 9.99. The minimum absolute atomic E-state index is 0.249. The van der Waals surface area contributed by atoms with Gasteiger partial charge in [-0.25, -0.2) is 0 Å². The lowest BCUT2D eigenvalue weighted by Gasteiger charge is -2.18. The monoisotopic (exact) mass is 239 g/mol. The minimum atomic E-state index is -0.533. The Labute approximate surface area is 100.0 Å². The fourth-order valence-corrected chi connectivity index (χ4v) is 2.88. The molecule has 0 saturated carbocycles. The number of benzene rings is 1. The molecule has 88 valence electrons. The van der Waals surface area contributed by atoms with E-state index in [1.165, 1.54) is 0 Å². The van der Waals surface area contributed by atoms with Crippen molar-refractivity contribution in [2.24, 2.45) is 5.73 Å². The van der Waals surface area contributed by atoms with Crippen molar-refractivity contribution in [2.75, 3.05) is 6.54 Å². The lowest BCUT2D eigenvalue weighted by atomic mass is 10.1. The van der Waals surface area contributed by atoms with Crippen molar-refractivity contribution < 1.29 is 9.84 Å². The van der Waals surface area contributed by atoms with Gasteiger partial charge in [0, 0.05) is 5.56 Å². The third-order valence-electron chi connectivity index (χ3n) is 2.51. The lowest BCUT2D eigenvalue weighted by molar-refractivity contribution is 0.155. The molecule has 3 nitrogen and oxygen atoms in total. The second-order valence-electron chi connectivity index (χ2n) is 4.37. The maximum Gasteiger partial charge on any atom is 0.153 e. The van der Waals surface area contributed by atoms with Crippen LogP contribution < -0.4 is 10.5 Å². The number of hydrogen-bond acceptors (Lipinski definition) is 4. The minimum Gasteiger partial charge on any atom is -0.475 e. The third kappa shape index (κ3) is 2.19. The highest BCUT2D eigenvalue weighted by Crippen LogP contribution is 2.49. The Balaban J connectivity index is 2.33. The molecule has 2 rings (SSSR count). The van der Waals surface area contributed by atoms with E-state index >= 15 is 0 Å². The molecular weight excluding hydrogens is 222 g/mol. The molecule has 0 spiro atoms. The van der Waals surface area contributed by atoms with Crippen molar-refractivity contribution in [3.05, 3.63) is 23.8 Å². The Morgan fingerprint density at radius 1 is 1.50 bits per heavy atom. The van der Waals surface area contributed by atoms with Crippen LogP contribution in [0.2, 0.25) is 0 Å². The average Bonchev–Trinajstić information content (AvgIpc) is 2.51. The average molecular weight is 239 g/mol. The molecule has 4 heteroatoms. The van der Waals surface area contributed by atoms with Crippen molar-refractivity contribution in [3.63, 3.8) is 0 Å². The first-order valence-electron chi connectivity index (χ1n) is 5.42. The van der Waals surface area contributed by atoms with E-state index in [9.17, 15) is 5.11 Å². The van der Waals surface area contributed by atoms with Gasteiger partial charge in [0.25, 0.3) is 0 Å². The van der Waals surface area contributed by atoms with E-state index in [0.717, 1.165) is 16.2 Å². The zero-order valence-electron chi connectivity index (χ0n) is 9.56. The standard InChI is InChI=1S/C12H17NO2S/c1-12(2)15-11-8(9(14)6-7-13)4-3-5-10(11)16-12/h3-5,9,14H,6-7,13H2,1-2H3. The van der Waals surface area contributed by atoms with Gasteiger partial charge in [0.05, 0.1) is 11.0 Å². The fraction of sp³-hybridized carbons (Fsp3) is 0.500. The van der Waals surface area contributed by atoms with Crippen LogP contribution in [0.15, 0.2) is 23.1 Å². The van der Waals surface area contributed by atoms with E-state index in [4.69, 9.17) is 10.5 Å². The quantitative estimate of drug-likeness (QED) is 0.849. The van der Waals surface area contributed by atoms with E-state index in [1.54, 1.807) is 11.8 Å². The number of rotatable bonds is 3. The van der Waals surface area contributed by atoms with Gasteiger partial charge in [0.15, 0.2) is 4.93 Å². The molecular formula is C12H17NO2S. The van der Waals surface area contributed by atoms with E-state index in [1.807, 2.05) is 32.0 Å². The van der Waals surface area contributed by atoms with Gasteiger partial charge in [-0.15, -0.1) is 0 Å². The predicted octanol–water partition coefficient (Wildman–Crippen LogP) is 2.29. The van der Waals surface area contributed by atoms with Crippen molar-refractivity contribution >= 4 is 11.8 Å². The number of aliphatic hydroxyl groups excluding tert-OH is 1. The van der Waals surface area contributed by atoms with E-state index < -0.39 is 6.10 Å². The molecule has 1 aliphatic heterocycles. The molecule has 1 atom stereocenters. The van der Waals surface area contributed by atoms with Gasteiger partial charge in [-0.2, -0.15) is 0 Å². The molecule has 1 aromatic rings. The normalized spacial score (nSPS) is 19.0. The summed E-state index contributed by atoms with van der Waals surface area (Å²) in [7, 11) is 0. The van der Waals surface area contributed by atoms with E-state index in [2.05, 4.69) is 0 Å². The Morgan fingerprint density at radius 2 is 2.25 bits per heavy atom. The number of thioether (sulfide) groups is 1. The number of para-hydroxylation sites is 1. The van der Waals surface area contributed by atoms with Crippen LogP contribution in [0.5, 0.6) is 5.75 Å². The summed E-state index contributed by atoms with van der Waals surface area (Å²) in [6.45, 7) is 4.52. The van der Waals surface area contributed by atoms with Gasteiger partial charge in [-0.05, 0) is 32.9 Å². The van der Waals surface area contributed by atoms with Crippen LogP contribution in [0, 0.1) is 0 Å². The van der Waals surface area contributed by atoms with Crippen LogP contribution >= 0.6 is 11.8 Å². The molecule has 0 bridgehead atoms. The highest BCUT2D eigenvalue weighted by atomic mass is 32.2. The van der Waals surface area contributed by atoms with Gasteiger partial charge < -0.3 is 15.6 Å². The van der Waals surface area contributed by atoms with Crippen LogP contribution in [-0.4, -0.2) is 16.6 Å². The topological polar surface area (TPSA) is 55.5 Å². The van der Waals surface area contributed by atoms with Crippen LogP contribution in [0.4, 0.5) is 0 Å². The molecule has 3 N–H and O–H groups in total. The molecule has 0 aromatic heterocycles. The molecule has 0 amide bonds. The molecule has 1 aromatic carbocycles. The highest BCUT2D eigenvalue weighted by molar-refractivity contribution is 8.00. The van der Waals surface area contributed by atoms with Gasteiger partial charge >= 0.3 is 0 Å². The Hall–Kier alpha value is -0.710. The van der Waals surface area contributed by atoms with Crippen molar-refractivity contribution in [1.29, 1.82) is 0 Å². The largest absolute Gasteiger partial charge is 0.475 e. The molecule has 0 fully saturated rings. The Morgan fingerprint density at radius 3 is 2.94 bits per heavy atom. The predicted molar refractivity (Wildman–Crippen MR) is 65.6 cm³/mol. The Bertz CT molecular complexity index is 393. The van der Waals surface area contributed by atoms with Crippen LogP contribution in [0.3, 0.4) is 0 Å². The number of ether oxygens (including phenoxy) is 1. The summed E-state index contributed by atoms with van der Waals surface area (Å²) < 4.78 is 5.86. The zero-order chi connectivity index (χ0) is 11.8. The summed E-state index contributed by atoms with van der Waals surface area (Å²) in [5, 5.41) is 9.99. The second-order valence-corrected chi connectivity index (χ2v) is 6.00. The summed E-state index contributed by atoms with van der Waals surface area (Å²) in [6, 6.07) is 5.88. The van der Waals surface area contributed by atoms with Crippen molar-refractivity contribution in [1.82, 2.24) is 0 Å². The van der Waals surface area contributed by atoms with Crippen molar-refractivity contribution in [3.8, 4) is 5.75 Å². The number of fused-ring (bicyclic) bond motifs is 1. The first-order chi connectivity index (χ1) is 7.53. The van der Waals surface area contributed by atoms with Gasteiger partial charge in [-0.3, -0.25) is 0 Å². The Kier molecular flexibility index (Phi) is 3.15. The van der Waals surface area contributed by atoms with Crippen molar-refractivity contribution in [2.45, 2.75) is 36.2 Å². The molecule has 0 radical (unpaired) electrons. The number of aliphatic hydroxyl groups is 1. The van der Waals surface area contributed by atoms with Crippen LogP contribution in [0.1, 0.15) is 31.9 Å². The van der Waals surface area contributed by atoms with Crippen LogP contribution in [-0.2, 0) is 0 Å². The number of nitrogens with two attached hydrogens (primary N) is 1. The van der Waals surface area contributed by atoms with E-state index in [-0.39, 0.29) is 4.93 Å². The SMILES string of the molecule is CC1(C)Oc2c(cccc2C(O)CCN)S1. The van der Waals surface area contributed by atoms with E-state index in [0.29, 0.717) is 13.0 Å². The second kappa shape index (κ2) is 4.28. The first-order valence-corrected chi connectivity index (χ1v) is 6.24. The maximum atomic E-state index is 9.99. The van der Waals surface area contributed by atoms with Gasteiger partial charge in [0.2, 0.25) is 0 Å². The first kappa shape index (κ1) is 11.8. The lowest BCUT2D eigenvalue weighted by Crippen LogP contribution is -2.19. The number of hydrogen-bond donors (Lipinski definition) is 2. The summed E-state index contributed by atoms with van der Waals surface area (Å²) in [5.74, 6) is 0.818. The third-order valence-corrected chi connectivity index (χ3v) is 3.63. The summed E-state index contributed by atoms with van der Waals surface area (Å²) in [6.07, 6.45) is 0.0275. The smallest absolute Gasteiger partial charge is 0.153 e.